The van der Waals surface area contributed by atoms with E-state index in [4.69, 9.17) is 9.26 Å². The molecule has 0 saturated carbocycles. The third kappa shape index (κ3) is 2.79. The Hall–Kier alpha value is -1.40. The molecular formula is C13H20N2O4. The van der Waals surface area contributed by atoms with Gasteiger partial charge in [-0.1, -0.05) is 5.16 Å². The number of methoxy groups -OCH3 is 1. The van der Waals surface area contributed by atoms with Crippen molar-refractivity contribution in [1.29, 1.82) is 0 Å². The van der Waals surface area contributed by atoms with E-state index in [1.165, 1.54) is 7.11 Å². The van der Waals surface area contributed by atoms with Crippen LogP contribution in [0.2, 0.25) is 0 Å². The molecule has 1 aromatic rings. The molecule has 19 heavy (non-hydrogen) atoms. The van der Waals surface area contributed by atoms with Gasteiger partial charge in [0.1, 0.15) is 11.8 Å². The highest BCUT2D eigenvalue weighted by molar-refractivity contribution is 5.76. The first-order chi connectivity index (χ1) is 9.04. The van der Waals surface area contributed by atoms with E-state index in [1.54, 1.807) is 0 Å². The van der Waals surface area contributed by atoms with Crippen molar-refractivity contribution < 1.29 is 19.2 Å². The number of esters is 1. The van der Waals surface area contributed by atoms with Gasteiger partial charge in [0.2, 0.25) is 0 Å². The van der Waals surface area contributed by atoms with E-state index in [0.717, 1.165) is 30.0 Å². The van der Waals surface area contributed by atoms with E-state index in [1.807, 2.05) is 18.7 Å². The summed E-state index contributed by atoms with van der Waals surface area (Å²) < 4.78 is 9.92. The first-order valence-corrected chi connectivity index (χ1v) is 6.46. The fourth-order valence-electron chi connectivity index (χ4n) is 2.58. The standard InChI is InChI=1S/C13H20N2O4/c1-8-10(9(2)19-14-8)7-15-6-4-5-11(16)12(15)13(17)18-3/h11-12,16H,4-7H2,1-3H3/t11-,12+/m0/s1. The highest BCUT2D eigenvalue weighted by Crippen LogP contribution is 2.23. The van der Waals surface area contributed by atoms with Gasteiger partial charge in [-0.25, -0.2) is 0 Å². The Labute approximate surface area is 112 Å². The van der Waals surface area contributed by atoms with Crippen molar-refractivity contribution in [1.82, 2.24) is 10.1 Å². The molecule has 6 heteroatoms. The van der Waals surface area contributed by atoms with E-state index in [0.29, 0.717) is 13.0 Å². The monoisotopic (exact) mass is 268 g/mol. The second kappa shape index (κ2) is 5.71. The number of aryl methyl sites for hydroxylation is 2. The molecule has 1 aliphatic rings. The summed E-state index contributed by atoms with van der Waals surface area (Å²) in [7, 11) is 1.34. The molecule has 0 aromatic carbocycles. The fourth-order valence-corrected chi connectivity index (χ4v) is 2.58. The van der Waals surface area contributed by atoms with Crippen molar-refractivity contribution in [2.45, 2.75) is 45.4 Å². The van der Waals surface area contributed by atoms with Gasteiger partial charge in [-0.15, -0.1) is 0 Å². The highest BCUT2D eigenvalue weighted by atomic mass is 16.5. The molecule has 0 amide bonds. The number of likely N-dealkylation sites (tertiary alicyclic amines) is 1. The molecule has 6 nitrogen and oxygen atoms in total. The largest absolute Gasteiger partial charge is 0.468 e. The van der Waals surface area contributed by atoms with Crippen LogP contribution in [0.5, 0.6) is 0 Å². The topological polar surface area (TPSA) is 75.8 Å². The number of ether oxygens (including phenoxy) is 1. The molecule has 1 aromatic heterocycles. The molecule has 0 spiro atoms. The second-order valence-corrected chi connectivity index (χ2v) is 4.95. The van der Waals surface area contributed by atoms with Gasteiger partial charge < -0.3 is 14.4 Å². The number of hydrogen-bond donors (Lipinski definition) is 1. The van der Waals surface area contributed by atoms with Crippen LogP contribution in [0.3, 0.4) is 0 Å². The molecule has 0 unspecified atom stereocenters. The molecule has 1 saturated heterocycles. The van der Waals surface area contributed by atoms with E-state index in [2.05, 4.69) is 5.16 Å². The van der Waals surface area contributed by atoms with Crippen LogP contribution in [0, 0.1) is 13.8 Å². The van der Waals surface area contributed by atoms with E-state index in [-0.39, 0.29) is 5.97 Å². The van der Waals surface area contributed by atoms with Gasteiger partial charge in [-0.3, -0.25) is 9.69 Å². The Balaban J connectivity index is 2.19. The van der Waals surface area contributed by atoms with Gasteiger partial charge in [0.05, 0.1) is 18.9 Å². The van der Waals surface area contributed by atoms with Crippen LogP contribution in [-0.2, 0) is 16.1 Å². The van der Waals surface area contributed by atoms with Crippen LogP contribution in [0.15, 0.2) is 4.52 Å². The summed E-state index contributed by atoms with van der Waals surface area (Å²) in [5, 5.41) is 13.9. The molecule has 0 aliphatic carbocycles. The molecule has 2 atom stereocenters. The summed E-state index contributed by atoms with van der Waals surface area (Å²) in [6.07, 6.45) is 0.803. The van der Waals surface area contributed by atoms with Crippen LogP contribution in [-0.4, -0.2) is 46.9 Å². The average Bonchev–Trinajstić information content (AvgIpc) is 2.70. The fraction of sp³-hybridized carbons (Fsp3) is 0.692. The van der Waals surface area contributed by atoms with Crippen LogP contribution in [0.4, 0.5) is 0 Å². The normalized spacial score (nSPS) is 24.4. The Bertz CT molecular complexity index is 438. The first-order valence-electron chi connectivity index (χ1n) is 6.46. The number of carbonyl (C=O) groups excluding carboxylic acids is 1. The van der Waals surface area contributed by atoms with Gasteiger partial charge in [-0.05, 0) is 33.2 Å². The predicted octanol–water partition coefficient (Wildman–Crippen LogP) is 0.790. The van der Waals surface area contributed by atoms with E-state index < -0.39 is 12.1 Å². The zero-order valence-electron chi connectivity index (χ0n) is 11.5. The molecule has 0 bridgehead atoms. The number of aliphatic hydroxyl groups is 1. The molecule has 2 rings (SSSR count). The second-order valence-electron chi connectivity index (χ2n) is 4.95. The maximum absolute atomic E-state index is 11.8. The summed E-state index contributed by atoms with van der Waals surface area (Å²) in [6, 6.07) is -0.604. The third-order valence-electron chi connectivity index (χ3n) is 3.69. The minimum atomic E-state index is -0.679. The van der Waals surface area contributed by atoms with E-state index in [9.17, 15) is 9.90 Å². The number of aromatic nitrogens is 1. The minimum Gasteiger partial charge on any atom is -0.468 e. The first kappa shape index (κ1) is 14.0. The van der Waals surface area contributed by atoms with Crippen LogP contribution in [0.25, 0.3) is 0 Å². The van der Waals surface area contributed by atoms with Crippen molar-refractivity contribution in [2.24, 2.45) is 0 Å². The number of nitrogens with zero attached hydrogens (tertiary/aromatic N) is 2. The summed E-state index contributed by atoms with van der Waals surface area (Å²) in [5.41, 5.74) is 1.80. The Morgan fingerprint density at radius 2 is 2.32 bits per heavy atom. The highest BCUT2D eigenvalue weighted by Gasteiger charge is 2.37. The summed E-state index contributed by atoms with van der Waals surface area (Å²) in [6.45, 7) is 5.01. The lowest BCUT2D eigenvalue weighted by Crippen LogP contribution is -2.52. The Morgan fingerprint density at radius 3 is 2.89 bits per heavy atom. The number of aliphatic hydroxyl groups excluding tert-OH is 1. The summed E-state index contributed by atoms with van der Waals surface area (Å²) in [4.78, 5) is 13.8. The molecule has 1 fully saturated rings. The zero-order valence-corrected chi connectivity index (χ0v) is 11.5. The lowest BCUT2D eigenvalue weighted by molar-refractivity contribution is -0.154. The lowest BCUT2D eigenvalue weighted by Gasteiger charge is -2.36. The molecule has 1 aliphatic heterocycles. The molecule has 2 heterocycles. The summed E-state index contributed by atoms with van der Waals surface area (Å²) >= 11 is 0. The molecule has 106 valence electrons. The minimum absolute atomic E-state index is 0.390. The number of rotatable bonds is 3. The van der Waals surface area contributed by atoms with Crippen molar-refractivity contribution in [3.63, 3.8) is 0 Å². The van der Waals surface area contributed by atoms with Crippen LogP contribution in [0.1, 0.15) is 29.9 Å². The van der Waals surface area contributed by atoms with Gasteiger partial charge >= 0.3 is 5.97 Å². The quantitative estimate of drug-likeness (QED) is 0.817. The zero-order chi connectivity index (χ0) is 14.0. The van der Waals surface area contributed by atoms with Crippen LogP contribution < -0.4 is 0 Å². The van der Waals surface area contributed by atoms with Crippen molar-refractivity contribution in [3.8, 4) is 0 Å². The maximum atomic E-state index is 11.8. The molecule has 1 N–H and O–H groups in total. The van der Waals surface area contributed by atoms with Crippen LogP contribution >= 0.6 is 0 Å². The third-order valence-corrected chi connectivity index (χ3v) is 3.69. The predicted molar refractivity (Wildman–Crippen MR) is 67.4 cm³/mol. The number of hydrogen-bond acceptors (Lipinski definition) is 6. The van der Waals surface area contributed by atoms with Crippen molar-refractivity contribution in [2.75, 3.05) is 13.7 Å². The van der Waals surface area contributed by atoms with Gasteiger partial charge in [0.15, 0.2) is 0 Å². The van der Waals surface area contributed by atoms with Gasteiger partial charge in [0, 0.05) is 12.1 Å². The van der Waals surface area contributed by atoms with Gasteiger partial charge in [-0.2, -0.15) is 0 Å². The maximum Gasteiger partial charge on any atom is 0.325 e. The van der Waals surface area contributed by atoms with E-state index >= 15 is 0 Å². The van der Waals surface area contributed by atoms with Crippen molar-refractivity contribution >= 4 is 5.97 Å². The summed E-state index contributed by atoms with van der Waals surface area (Å²) in [5.74, 6) is 0.361. The number of carbonyl (C=O) groups is 1. The molecular weight excluding hydrogens is 248 g/mol. The smallest absolute Gasteiger partial charge is 0.325 e. The average molecular weight is 268 g/mol. The SMILES string of the molecule is COC(=O)[C@H]1[C@@H](O)CCCN1Cc1c(C)noc1C. The lowest BCUT2D eigenvalue weighted by atomic mass is 9.98. The Kier molecular flexibility index (Phi) is 4.21. The molecule has 0 radical (unpaired) electrons. The Morgan fingerprint density at radius 1 is 1.58 bits per heavy atom. The van der Waals surface area contributed by atoms with Gasteiger partial charge in [0.25, 0.3) is 0 Å². The van der Waals surface area contributed by atoms with Crippen molar-refractivity contribution in [3.05, 3.63) is 17.0 Å². The number of piperidine rings is 1.